The van der Waals surface area contributed by atoms with Crippen LogP contribution in [0.5, 0.6) is 5.88 Å². The number of hydrogen-bond donors (Lipinski definition) is 3. The number of nitrogens with one attached hydrogen (secondary N) is 2. The van der Waals surface area contributed by atoms with Gasteiger partial charge in [0.15, 0.2) is 0 Å². The van der Waals surface area contributed by atoms with E-state index >= 15 is 0 Å². The van der Waals surface area contributed by atoms with Crippen molar-refractivity contribution in [3.8, 4) is 28.4 Å². The molecule has 0 fully saturated rings. The topological polar surface area (TPSA) is 130 Å². The first-order chi connectivity index (χ1) is 19.1. The van der Waals surface area contributed by atoms with Crippen molar-refractivity contribution in [1.82, 2.24) is 39.7 Å². The quantitative estimate of drug-likeness (QED) is 0.216. The molecule has 0 aliphatic rings. The zero-order valence-electron chi connectivity index (χ0n) is 22.4. The number of aromatic amines is 2. The molecule has 0 saturated carbocycles. The van der Waals surface area contributed by atoms with Gasteiger partial charge in [-0.3, -0.25) is 9.55 Å². The number of aromatic nitrogens is 8. The van der Waals surface area contributed by atoms with Crippen molar-refractivity contribution < 1.29 is 5.11 Å². The predicted molar refractivity (Wildman–Crippen MR) is 149 cm³/mol. The van der Waals surface area contributed by atoms with E-state index in [2.05, 4.69) is 62.2 Å². The average Bonchev–Trinajstić information content (AvgIpc) is 3.68. The SMILES string of the molecule is CCCCc1ncc(Cc2c(O)[nH]c(=O)n2CCCC)n1Cc1ccccc1-c1ccccc1-c1nn[nH]n1. The number of nitrogens with zero attached hydrogens (tertiary/aromatic N) is 6. The molecule has 2 aromatic carbocycles. The standard InChI is InChI=1S/C29H34N8O2/c1-3-5-15-26-30-18-21(17-25-28(38)31-29(39)36(25)16-6-4-2)37(26)19-20-11-7-8-12-22(20)23-13-9-10-14-24(23)27-32-34-35-33-27/h7-14,18,38H,3-6,15-17,19H2,1-2H3,(H,31,39)(H,32,33,34,35). The third kappa shape index (κ3) is 5.55. The van der Waals surface area contributed by atoms with Crippen molar-refractivity contribution in [3.05, 3.63) is 88.0 Å². The van der Waals surface area contributed by atoms with Crippen LogP contribution in [0.1, 0.15) is 62.3 Å². The summed E-state index contributed by atoms with van der Waals surface area (Å²) in [6.45, 7) is 5.41. The van der Waals surface area contributed by atoms with Gasteiger partial charge < -0.3 is 9.67 Å². The molecule has 202 valence electrons. The van der Waals surface area contributed by atoms with E-state index in [0.29, 0.717) is 31.0 Å². The third-order valence-electron chi connectivity index (χ3n) is 7.08. The number of hydrogen-bond acceptors (Lipinski definition) is 6. The summed E-state index contributed by atoms with van der Waals surface area (Å²) in [4.78, 5) is 19.9. The monoisotopic (exact) mass is 526 g/mol. The van der Waals surface area contributed by atoms with Gasteiger partial charge in [-0.1, -0.05) is 75.2 Å². The fourth-order valence-electron chi connectivity index (χ4n) is 5.00. The predicted octanol–water partition coefficient (Wildman–Crippen LogP) is 4.71. The molecule has 0 spiro atoms. The highest BCUT2D eigenvalue weighted by Gasteiger charge is 2.20. The number of H-pyrrole nitrogens is 2. The lowest BCUT2D eigenvalue weighted by atomic mass is 9.95. The molecule has 3 N–H and O–H groups in total. The van der Waals surface area contributed by atoms with E-state index in [1.807, 2.05) is 36.5 Å². The summed E-state index contributed by atoms with van der Waals surface area (Å²) in [7, 11) is 0. The van der Waals surface area contributed by atoms with Crippen LogP contribution in [-0.2, 0) is 25.9 Å². The van der Waals surface area contributed by atoms with E-state index in [0.717, 1.165) is 65.9 Å². The molecular weight excluding hydrogens is 492 g/mol. The highest BCUT2D eigenvalue weighted by molar-refractivity contribution is 5.82. The van der Waals surface area contributed by atoms with Gasteiger partial charge in [0, 0.05) is 43.4 Å². The van der Waals surface area contributed by atoms with Crippen molar-refractivity contribution >= 4 is 0 Å². The molecule has 0 unspecified atom stereocenters. The highest BCUT2D eigenvalue weighted by Crippen LogP contribution is 2.33. The molecule has 3 aromatic heterocycles. The normalized spacial score (nSPS) is 11.3. The minimum atomic E-state index is -0.281. The fraction of sp³-hybridized carbons (Fsp3) is 0.345. The Morgan fingerprint density at radius 3 is 2.41 bits per heavy atom. The summed E-state index contributed by atoms with van der Waals surface area (Å²) in [5, 5.41) is 25.3. The largest absolute Gasteiger partial charge is 0.493 e. The van der Waals surface area contributed by atoms with Crippen molar-refractivity contribution in [2.75, 3.05) is 0 Å². The molecule has 3 heterocycles. The molecule has 10 nitrogen and oxygen atoms in total. The second-order valence-electron chi connectivity index (χ2n) is 9.70. The third-order valence-corrected chi connectivity index (χ3v) is 7.08. The molecule has 5 rings (SSSR count). The van der Waals surface area contributed by atoms with Gasteiger partial charge in [-0.2, -0.15) is 5.21 Å². The van der Waals surface area contributed by atoms with E-state index in [4.69, 9.17) is 4.98 Å². The number of benzene rings is 2. The van der Waals surface area contributed by atoms with Crippen molar-refractivity contribution in [2.45, 2.75) is 65.5 Å². The number of tetrazole rings is 1. The van der Waals surface area contributed by atoms with E-state index in [1.54, 1.807) is 4.57 Å². The van der Waals surface area contributed by atoms with E-state index in [1.165, 1.54) is 0 Å². The minimum absolute atomic E-state index is 0.0756. The number of imidazole rings is 2. The molecule has 10 heteroatoms. The molecular formula is C29H34N8O2. The van der Waals surface area contributed by atoms with Gasteiger partial charge in [0.05, 0.1) is 5.69 Å². The van der Waals surface area contributed by atoms with Crippen LogP contribution >= 0.6 is 0 Å². The van der Waals surface area contributed by atoms with Crippen LogP contribution in [0.3, 0.4) is 0 Å². The van der Waals surface area contributed by atoms with Crippen molar-refractivity contribution in [1.29, 1.82) is 0 Å². The van der Waals surface area contributed by atoms with Crippen LogP contribution in [0.15, 0.2) is 59.5 Å². The number of aryl methyl sites for hydroxylation is 1. The molecule has 5 aromatic rings. The van der Waals surface area contributed by atoms with Crippen LogP contribution in [0.2, 0.25) is 0 Å². The maximum absolute atomic E-state index is 12.5. The zero-order chi connectivity index (χ0) is 27.2. The summed E-state index contributed by atoms with van der Waals surface area (Å²) < 4.78 is 3.88. The fourth-order valence-corrected chi connectivity index (χ4v) is 5.00. The summed E-state index contributed by atoms with van der Waals surface area (Å²) in [6, 6.07) is 16.3. The smallest absolute Gasteiger partial charge is 0.328 e. The van der Waals surface area contributed by atoms with Crippen LogP contribution in [0.4, 0.5) is 0 Å². The Bertz CT molecular complexity index is 1580. The van der Waals surface area contributed by atoms with Gasteiger partial charge in [0.25, 0.3) is 0 Å². The summed E-state index contributed by atoms with van der Waals surface area (Å²) >= 11 is 0. The average molecular weight is 527 g/mol. The lowest BCUT2D eigenvalue weighted by molar-refractivity contribution is 0.446. The summed E-state index contributed by atoms with van der Waals surface area (Å²) in [5.74, 6) is 1.46. The molecule has 0 aliphatic carbocycles. The van der Waals surface area contributed by atoms with E-state index < -0.39 is 0 Å². The lowest BCUT2D eigenvalue weighted by Crippen LogP contribution is -2.20. The number of unbranched alkanes of at least 4 members (excludes halogenated alkanes) is 2. The summed E-state index contributed by atoms with van der Waals surface area (Å²) in [6.07, 6.45) is 7.02. The Hall–Kier alpha value is -4.47. The Morgan fingerprint density at radius 2 is 1.67 bits per heavy atom. The van der Waals surface area contributed by atoms with Crippen LogP contribution in [-0.4, -0.2) is 44.8 Å². The Labute approximate surface area is 226 Å². The van der Waals surface area contributed by atoms with Crippen LogP contribution in [0.25, 0.3) is 22.5 Å². The molecule has 0 bridgehead atoms. The molecule has 0 atom stereocenters. The minimum Gasteiger partial charge on any atom is -0.493 e. The molecule has 39 heavy (non-hydrogen) atoms. The Kier molecular flexibility index (Phi) is 8.00. The second kappa shape index (κ2) is 11.9. The molecule has 0 saturated heterocycles. The number of rotatable bonds is 12. The Morgan fingerprint density at radius 1 is 0.923 bits per heavy atom. The van der Waals surface area contributed by atoms with Gasteiger partial charge in [-0.05, 0) is 34.7 Å². The van der Waals surface area contributed by atoms with Gasteiger partial charge >= 0.3 is 5.69 Å². The van der Waals surface area contributed by atoms with E-state index in [9.17, 15) is 9.90 Å². The molecule has 0 aliphatic heterocycles. The van der Waals surface area contributed by atoms with Crippen LogP contribution in [0, 0.1) is 0 Å². The first kappa shape index (κ1) is 26.1. The number of aromatic hydroxyl groups is 1. The lowest BCUT2D eigenvalue weighted by Gasteiger charge is -2.17. The first-order valence-electron chi connectivity index (χ1n) is 13.6. The first-order valence-corrected chi connectivity index (χ1v) is 13.6. The molecule has 0 radical (unpaired) electrons. The van der Waals surface area contributed by atoms with Gasteiger partial charge in [-0.25, -0.2) is 9.78 Å². The zero-order valence-corrected chi connectivity index (χ0v) is 22.4. The second-order valence-corrected chi connectivity index (χ2v) is 9.70. The van der Waals surface area contributed by atoms with Gasteiger partial charge in [-0.15, -0.1) is 10.2 Å². The van der Waals surface area contributed by atoms with Crippen LogP contribution < -0.4 is 5.69 Å². The Balaban J connectivity index is 1.55. The maximum Gasteiger partial charge on any atom is 0.328 e. The summed E-state index contributed by atoms with van der Waals surface area (Å²) in [5.41, 5.74) is 5.36. The van der Waals surface area contributed by atoms with Crippen molar-refractivity contribution in [2.24, 2.45) is 0 Å². The maximum atomic E-state index is 12.5. The van der Waals surface area contributed by atoms with E-state index in [-0.39, 0.29) is 11.6 Å². The highest BCUT2D eigenvalue weighted by atomic mass is 16.3. The molecule has 0 amide bonds. The van der Waals surface area contributed by atoms with Gasteiger partial charge in [0.1, 0.15) is 5.82 Å². The van der Waals surface area contributed by atoms with Crippen molar-refractivity contribution in [3.63, 3.8) is 0 Å². The van der Waals surface area contributed by atoms with Gasteiger partial charge in [0.2, 0.25) is 11.7 Å².